The summed E-state index contributed by atoms with van der Waals surface area (Å²) in [5.74, 6) is -1.97. The molecule has 1 aromatic carbocycles. The molecule has 2 aromatic rings. The van der Waals surface area contributed by atoms with E-state index in [9.17, 15) is 45.5 Å². The van der Waals surface area contributed by atoms with Crippen molar-refractivity contribution in [3.8, 4) is 6.07 Å². The van der Waals surface area contributed by atoms with Crippen LogP contribution in [-0.4, -0.2) is 124 Å². The molecular weight excluding hydrogens is 821 g/mol. The third-order valence-electron chi connectivity index (χ3n) is 11.3. The summed E-state index contributed by atoms with van der Waals surface area (Å²) >= 11 is 5.65. The van der Waals surface area contributed by atoms with Crippen molar-refractivity contribution in [1.82, 2.24) is 25.0 Å². The number of pyridine rings is 1. The Labute approximate surface area is 347 Å². The van der Waals surface area contributed by atoms with Crippen LogP contribution in [0, 0.1) is 11.3 Å². The Morgan fingerprint density at radius 3 is 2.43 bits per heavy atom. The standard InChI is InChI=1S/C39H45F6N9O5S/c1-37(2)35(58)53(26-18-28(38(40,41)42)30(19-46)47-20-26)36(60)54(37)25-7-9-27(10-8-25)59-16-4-13-51-14-15-52(31(21-51)39(43,44)45)22-33(56)49-24-6-3-5-23(17-24)48-29-11-12-32(55)50-34(29)57/h3,5-6,17-18,20,25,27,29,31,48H,4,7-16,21-22H2,1-2H3,(H,49,56)(H,50,55,57). The first-order valence-electron chi connectivity index (χ1n) is 19.6. The van der Waals surface area contributed by atoms with E-state index in [1.54, 1.807) is 47.9 Å². The van der Waals surface area contributed by atoms with Crippen LogP contribution in [0.1, 0.15) is 70.1 Å². The summed E-state index contributed by atoms with van der Waals surface area (Å²) in [6, 6.07) is 5.85. The minimum Gasteiger partial charge on any atom is -0.378 e. The molecule has 14 nitrogen and oxygen atoms in total. The quantitative estimate of drug-likeness (QED) is 0.116. The van der Waals surface area contributed by atoms with Crippen molar-refractivity contribution >= 4 is 58.0 Å². The number of nitrogens with zero attached hydrogens (tertiary/aromatic N) is 6. The monoisotopic (exact) mass is 865 g/mol. The molecule has 1 aliphatic carbocycles. The molecule has 3 saturated heterocycles. The summed E-state index contributed by atoms with van der Waals surface area (Å²) in [6.45, 7) is 3.49. The van der Waals surface area contributed by atoms with Gasteiger partial charge in [-0.1, -0.05) is 6.07 Å². The average Bonchev–Trinajstić information content (AvgIpc) is 3.36. The summed E-state index contributed by atoms with van der Waals surface area (Å²) < 4.78 is 89.9. The summed E-state index contributed by atoms with van der Waals surface area (Å²) in [7, 11) is 0. The fourth-order valence-electron chi connectivity index (χ4n) is 8.22. The minimum atomic E-state index is -4.87. The van der Waals surface area contributed by atoms with Crippen molar-refractivity contribution < 1.29 is 50.3 Å². The number of hydrogen-bond donors (Lipinski definition) is 3. The molecule has 1 saturated carbocycles. The fraction of sp³-hybridized carbons (Fsp3) is 0.564. The van der Waals surface area contributed by atoms with Gasteiger partial charge >= 0.3 is 12.4 Å². The van der Waals surface area contributed by atoms with Crippen molar-refractivity contribution in [3.05, 3.63) is 47.8 Å². The molecule has 6 rings (SSSR count). The zero-order chi connectivity index (χ0) is 43.6. The lowest BCUT2D eigenvalue weighted by atomic mass is 9.89. The number of nitriles is 1. The highest BCUT2D eigenvalue weighted by atomic mass is 32.1. The van der Waals surface area contributed by atoms with E-state index in [0.29, 0.717) is 75.7 Å². The molecule has 1 aromatic heterocycles. The van der Waals surface area contributed by atoms with Crippen LogP contribution in [0.3, 0.4) is 0 Å². The van der Waals surface area contributed by atoms with Gasteiger partial charge in [0.05, 0.1) is 30.1 Å². The summed E-state index contributed by atoms with van der Waals surface area (Å²) in [5, 5.41) is 17.1. The fourth-order valence-corrected chi connectivity index (χ4v) is 8.79. The number of rotatable bonds is 12. The lowest BCUT2D eigenvalue weighted by molar-refractivity contribution is -0.197. The molecule has 2 unspecified atom stereocenters. The molecule has 60 heavy (non-hydrogen) atoms. The Morgan fingerprint density at radius 1 is 1.05 bits per heavy atom. The van der Waals surface area contributed by atoms with Crippen molar-refractivity contribution in [2.45, 2.75) is 101 Å². The van der Waals surface area contributed by atoms with E-state index in [-0.39, 0.29) is 48.4 Å². The Kier molecular flexibility index (Phi) is 13.4. The van der Waals surface area contributed by atoms with Crippen LogP contribution in [-0.2, 0) is 30.1 Å². The molecule has 324 valence electrons. The molecule has 3 N–H and O–H groups in total. The summed E-state index contributed by atoms with van der Waals surface area (Å²) in [5.41, 5.74) is -2.60. The van der Waals surface area contributed by atoms with Crippen LogP contribution in [0.5, 0.6) is 0 Å². The third kappa shape index (κ3) is 10.2. The zero-order valence-electron chi connectivity index (χ0n) is 32.9. The van der Waals surface area contributed by atoms with E-state index in [1.165, 1.54) is 6.07 Å². The number of benzene rings is 1. The maximum Gasteiger partial charge on any atom is 0.419 e. The predicted molar refractivity (Wildman–Crippen MR) is 209 cm³/mol. The molecule has 4 aliphatic rings. The molecule has 0 bridgehead atoms. The van der Waals surface area contributed by atoms with Gasteiger partial charge in [-0.2, -0.15) is 31.6 Å². The van der Waals surface area contributed by atoms with E-state index in [2.05, 4.69) is 20.9 Å². The van der Waals surface area contributed by atoms with E-state index in [0.717, 1.165) is 16.0 Å². The number of nitrogens with one attached hydrogen (secondary N) is 3. The number of carbonyl (C=O) groups excluding carboxylic acids is 4. The van der Waals surface area contributed by atoms with Crippen molar-refractivity contribution in [2.24, 2.45) is 0 Å². The summed E-state index contributed by atoms with van der Waals surface area (Å²) in [6.07, 6.45) is -5.28. The maximum absolute atomic E-state index is 14.3. The number of alkyl halides is 6. The average molecular weight is 866 g/mol. The molecule has 0 radical (unpaired) electrons. The molecule has 4 fully saturated rings. The molecule has 3 aliphatic heterocycles. The first-order valence-corrected chi connectivity index (χ1v) is 20.0. The molecule has 4 heterocycles. The van der Waals surface area contributed by atoms with Gasteiger partial charge in [-0.05, 0) is 88.9 Å². The maximum atomic E-state index is 14.3. The number of carbonyl (C=O) groups is 4. The SMILES string of the molecule is CC1(C)C(=O)N(c2cnc(C#N)c(C(F)(F)F)c2)C(=S)N1C1CCC(OCCCN2CCN(CC(=O)Nc3cccc(NC4CCC(=O)NC4=O)c3)C(C(F)(F)F)C2)CC1. The number of piperidine rings is 1. The highest BCUT2D eigenvalue weighted by Gasteiger charge is 2.53. The van der Waals surface area contributed by atoms with Crippen molar-refractivity contribution in [3.63, 3.8) is 0 Å². The van der Waals surface area contributed by atoms with Crippen LogP contribution in [0.2, 0.25) is 0 Å². The van der Waals surface area contributed by atoms with E-state index in [1.807, 2.05) is 0 Å². The highest BCUT2D eigenvalue weighted by Crippen LogP contribution is 2.40. The number of halogens is 6. The smallest absolute Gasteiger partial charge is 0.378 e. The second-order valence-corrected chi connectivity index (χ2v) is 16.2. The van der Waals surface area contributed by atoms with E-state index < -0.39 is 65.5 Å². The number of aromatic nitrogens is 1. The molecule has 0 spiro atoms. The Hall–Kier alpha value is -4.91. The van der Waals surface area contributed by atoms with Gasteiger partial charge in [-0.15, -0.1) is 0 Å². The normalized spacial score (nSPS) is 24.3. The second-order valence-electron chi connectivity index (χ2n) is 15.8. The number of thiocarbonyl (C=S) groups is 1. The number of amides is 4. The van der Waals surface area contributed by atoms with Gasteiger partial charge in [0.15, 0.2) is 10.8 Å². The van der Waals surface area contributed by atoms with E-state index in [4.69, 9.17) is 22.2 Å². The van der Waals surface area contributed by atoms with Gasteiger partial charge < -0.3 is 25.2 Å². The largest absolute Gasteiger partial charge is 0.419 e. The first kappa shape index (κ1) is 44.6. The predicted octanol–water partition coefficient (Wildman–Crippen LogP) is 4.81. The second kappa shape index (κ2) is 18.0. The topological polar surface area (TPSA) is 163 Å². The molecular formula is C39H45F6N9O5S. The Morgan fingerprint density at radius 2 is 1.77 bits per heavy atom. The van der Waals surface area contributed by atoms with Crippen LogP contribution < -0.4 is 20.9 Å². The number of ether oxygens (including phenoxy) is 1. The Balaban J connectivity index is 0.946. The van der Waals surface area contributed by atoms with Gasteiger partial charge in [0, 0.05) is 56.6 Å². The van der Waals surface area contributed by atoms with Crippen LogP contribution in [0.15, 0.2) is 36.5 Å². The van der Waals surface area contributed by atoms with Crippen molar-refractivity contribution in [2.75, 3.05) is 54.9 Å². The van der Waals surface area contributed by atoms with Crippen molar-refractivity contribution in [1.29, 1.82) is 5.26 Å². The van der Waals surface area contributed by atoms with Gasteiger partial charge in [0.2, 0.25) is 17.7 Å². The number of imide groups is 1. The van der Waals surface area contributed by atoms with E-state index >= 15 is 0 Å². The molecule has 21 heteroatoms. The number of piperazine rings is 1. The highest BCUT2D eigenvalue weighted by molar-refractivity contribution is 7.80. The molecule has 2 atom stereocenters. The third-order valence-corrected chi connectivity index (χ3v) is 11.7. The first-order chi connectivity index (χ1) is 28.3. The van der Waals surface area contributed by atoms with Gasteiger partial charge in [-0.25, -0.2) is 4.98 Å². The molecule has 4 amide bonds. The zero-order valence-corrected chi connectivity index (χ0v) is 33.7. The van der Waals surface area contributed by atoms with Gasteiger partial charge in [-0.3, -0.25) is 34.3 Å². The Bertz CT molecular complexity index is 2020. The summed E-state index contributed by atoms with van der Waals surface area (Å²) in [4.78, 5) is 59.3. The number of hydrogen-bond acceptors (Lipinski definition) is 11. The van der Waals surface area contributed by atoms with Gasteiger partial charge in [0.1, 0.15) is 23.7 Å². The lowest BCUT2D eigenvalue weighted by Gasteiger charge is -2.42. The number of anilines is 3. The van der Waals surface area contributed by atoms with Crippen LogP contribution in [0.25, 0.3) is 0 Å². The van der Waals surface area contributed by atoms with Gasteiger partial charge in [0.25, 0.3) is 5.91 Å². The van der Waals surface area contributed by atoms with Crippen LogP contribution >= 0.6 is 12.2 Å². The lowest BCUT2D eigenvalue weighted by Crippen LogP contribution is -2.60. The minimum absolute atomic E-state index is 0.0133. The van der Waals surface area contributed by atoms with Crippen LogP contribution in [0.4, 0.5) is 43.4 Å².